The Kier molecular flexibility index (Phi) is 2.87. The van der Waals surface area contributed by atoms with Crippen molar-refractivity contribution in [2.75, 3.05) is 11.4 Å². The van der Waals surface area contributed by atoms with Crippen molar-refractivity contribution in [1.29, 1.82) is 0 Å². The molecule has 4 rings (SSSR count). The molecule has 0 spiro atoms. The van der Waals surface area contributed by atoms with Crippen molar-refractivity contribution >= 4 is 29.2 Å². The Labute approximate surface area is 130 Å². The summed E-state index contributed by atoms with van der Waals surface area (Å²) in [6, 6.07) is 8.98. The minimum Gasteiger partial charge on any atom is -0.465 e. The predicted molar refractivity (Wildman–Crippen MR) is 83.3 cm³/mol. The van der Waals surface area contributed by atoms with Crippen molar-refractivity contribution in [2.24, 2.45) is 0 Å². The van der Waals surface area contributed by atoms with Crippen molar-refractivity contribution in [3.05, 3.63) is 47.9 Å². The molecule has 1 N–H and O–H groups in total. The Balaban J connectivity index is 1.87. The summed E-state index contributed by atoms with van der Waals surface area (Å²) in [4.78, 5) is 32.1. The van der Waals surface area contributed by atoms with Gasteiger partial charge in [0.2, 0.25) is 0 Å². The molecule has 0 saturated carbocycles. The smallest absolute Gasteiger partial charge is 0.411 e. The number of pyridine rings is 1. The standard InChI is InChI=1S/C16H12N4O3/c21-8-11-2-4-13-15(18-11)20(9-17-13)12-3-1-10-5-6-19(16(22)23)14(10)7-12/h1-4,7-9H,5-6H2,(H,22,23). The third-order valence-electron chi connectivity index (χ3n) is 4.01. The van der Waals surface area contributed by atoms with Gasteiger partial charge < -0.3 is 5.11 Å². The predicted octanol–water partition coefficient (Wildman–Crippen LogP) is 2.27. The molecule has 0 bridgehead atoms. The number of nitrogens with zero attached hydrogens (tertiary/aromatic N) is 4. The van der Waals surface area contributed by atoms with E-state index in [4.69, 9.17) is 0 Å². The fraction of sp³-hybridized carbons (Fsp3) is 0.125. The van der Waals surface area contributed by atoms with Gasteiger partial charge in [-0.05, 0) is 36.2 Å². The van der Waals surface area contributed by atoms with Crippen LogP contribution in [-0.2, 0) is 6.42 Å². The lowest BCUT2D eigenvalue weighted by Gasteiger charge is -2.14. The Hall–Kier alpha value is -3.22. The lowest BCUT2D eigenvalue weighted by atomic mass is 10.1. The summed E-state index contributed by atoms with van der Waals surface area (Å²) in [7, 11) is 0. The van der Waals surface area contributed by atoms with Gasteiger partial charge in [0.1, 0.15) is 17.5 Å². The van der Waals surface area contributed by atoms with Gasteiger partial charge >= 0.3 is 6.09 Å². The largest absolute Gasteiger partial charge is 0.465 e. The van der Waals surface area contributed by atoms with Crippen molar-refractivity contribution in [3.8, 4) is 5.69 Å². The van der Waals surface area contributed by atoms with Gasteiger partial charge in [-0.2, -0.15) is 0 Å². The summed E-state index contributed by atoms with van der Waals surface area (Å²) < 4.78 is 1.75. The van der Waals surface area contributed by atoms with Crippen LogP contribution in [0.15, 0.2) is 36.7 Å². The highest BCUT2D eigenvalue weighted by Gasteiger charge is 2.24. The van der Waals surface area contributed by atoms with E-state index in [0.29, 0.717) is 41.8 Å². The van der Waals surface area contributed by atoms with Gasteiger partial charge in [0, 0.05) is 6.54 Å². The highest BCUT2D eigenvalue weighted by molar-refractivity contribution is 5.89. The molecule has 2 aromatic heterocycles. The molecule has 23 heavy (non-hydrogen) atoms. The van der Waals surface area contributed by atoms with E-state index in [1.54, 1.807) is 23.0 Å². The highest BCUT2D eigenvalue weighted by atomic mass is 16.4. The molecule has 7 heteroatoms. The number of benzene rings is 1. The monoisotopic (exact) mass is 308 g/mol. The molecule has 0 fully saturated rings. The first-order valence-electron chi connectivity index (χ1n) is 7.10. The van der Waals surface area contributed by atoms with Gasteiger partial charge in [0.25, 0.3) is 0 Å². The molecular formula is C16H12N4O3. The molecule has 0 radical (unpaired) electrons. The molecule has 3 aromatic rings. The van der Waals surface area contributed by atoms with Gasteiger partial charge in [0.15, 0.2) is 11.9 Å². The van der Waals surface area contributed by atoms with Crippen molar-refractivity contribution in [2.45, 2.75) is 6.42 Å². The summed E-state index contributed by atoms with van der Waals surface area (Å²) in [5.74, 6) is 0. The maximum Gasteiger partial charge on any atom is 0.411 e. The Morgan fingerprint density at radius 2 is 2.13 bits per heavy atom. The zero-order chi connectivity index (χ0) is 16.0. The first kappa shape index (κ1) is 13.4. The molecular weight excluding hydrogens is 296 g/mol. The van der Waals surface area contributed by atoms with Crippen LogP contribution < -0.4 is 4.90 Å². The van der Waals surface area contributed by atoms with Crippen molar-refractivity contribution in [1.82, 2.24) is 14.5 Å². The van der Waals surface area contributed by atoms with E-state index in [0.717, 1.165) is 11.3 Å². The Morgan fingerprint density at radius 3 is 2.91 bits per heavy atom. The van der Waals surface area contributed by atoms with Crippen LogP contribution in [0.4, 0.5) is 10.5 Å². The summed E-state index contributed by atoms with van der Waals surface area (Å²) in [5, 5.41) is 9.28. The summed E-state index contributed by atoms with van der Waals surface area (Å²) in [6.45, 7) is 0.465. The topological polar surface area (TPSA) is 88.3 Å². The molecule has 7 nitrogen and oxygen atoms in total. The minimum absolute atomic E-state index is 0.326. The number of fused-ring (bicyclic) bond motifs is 2. The second-order valence-corrected chi connectivity index (χ2v) is 5.31. The summed E-state index contributed by atoms with van der Waals surface area (Å²) >= 11 is 0. The number of carbonyl (C=O) groups excluding carboxylic acids is 1. The molecule has 114 valence electrons. The maximum absolute atomic E-state index is 11.3. The lowest BCUT2D eigenvalue weighted by molar-refractivity contribution is 0.111. The minimum atomic E-state index is -0.960. The molecule has 1 aliphatic heterocycles. The zero-order valence-electron chi connectivity index (χ0n) is 12.0. The van der Waals surface area contributed by atoms with Crippen molar-refractivity contribution in [3.63, 3.8) is 0 Å². The molecule has 0 atom stereocenters. The van der Waals surface area contributed by atoms with E-state index >= 15 is 0 Å². The number of rotatable bonds is 2. The van der Waals surface area contributed by atoms with Crippen LogP contribution >= 0.6 is 0 Å². The molecule has 1 aromatic carbocycles. The van der Waals surface area contributed by atoms with Gasteiger partial charge in [0.05, 0.1) is 11.4 Å². The fourth-order valence-corrected chi connectivity index (χ4v) is 2.88. The van der Waals surface area contributed by atoms with E-state index in [1.807, 2.05) is 18.2 Å². The third-order valence-corrected chi connectivity index (χ3v) is 4.01. The number of carbonyl (C=O) groups is 2. The van der Waals surface area contributed by atoms with Crippen LogP contribution in [-0.4, -0.2) is 38.6 Å². The maximum atomic E-state index is 11.3. The average Bonchev–Trinajstić information content (AvgIpc) is 3.17. The number of aromatic nitrogens is 3. The number of carboxylic acid groups (broad SMARTS) is 1. The SMILES string of the molecule is O=Cc1ccc2ncn(-c3ccc4c(c3)N(C(=O)O)CC4)c2n1. The van der Waals surface area contributed by atoms with Gasteiger partial charge in [-0.3, -0.25) is 14.3 Å². The lowest BCUT2D eigenvalue weighted by Crippen LogP contribution is -2.26. The van der Waals surface area contributed by atoms with E-state index in [2.05, 4.69) is 9.97 Å². The normalized spacial score (nSPS) is 13.3. The molecule has 1 amide bonds. The van der Waals surface area contributed by atoms with E-state index < -0.39 is 6.09 Å². The Morgan fingerprint density at radius 1 is 1.26 bits per heavy atom. The molecule has 1 aliphatic rings. The first-order chi connectivity index (χ1) is 11.2. The quantitative estimate of drug-likeness (QED) is 0.734. The number of amides is 1. The van der Waals surface area contributed by atoms with Gasteiger partial charge in [-0.25, -0.2) is 14.8 Å². The summed E-state index contributed by atoms with van der Waals surface area (Å²) in [6.07, 6.45) is 2.05. The number of hydrogen-bond acceptors (Lipinski definition) is 4. The van der Waals surface area contributed by atoms with Crippen LogP contribution in [0.3, 0.4) is 0 Å². The van der Waals surface area contributed by atoms with E-state index in [9.17, 15) is 14.7 Å². The van der Waals surface area contributed by atoms with Crippen LogP contribution in [0.5, 0.6) is 0 Å². The fourth-order valence-electron chi connectivity index (χ4n) is 2.88. The number of imidazole rings is 1. The highest BCUT2D eigenvalue weighted by Crippen LogP contribution is 2.31. The van der Waals surface area contributed by atoms with Crippen LogP contribution in [0.2, 0.25) is 0 Å². The molecule has 3 heterocycles. The zero-order valence-corrected chi connectivity index (χ0v) is 12.0. The second kappa shape index (κ2) is 4.91. The third kappa shape index (κ3) is 2.05. The molecule has 0 saturated heterocycles. The number of hydrogen-bond donors (Lipinski definition) is 1. The van der Waals surface area contributed by atoms with Crippen molar-refractivity contribution < 1.29 is 14.7 Å². The molecule has 0 unspecified atom stereocenters. The molecule has 0 aliphatic carbocycles. The summed E-state index contributed by atoms with van der Waals surface area (Å²) in [5.41, 5.74) is 4.01. The average molecular weight is 308 g/mol. The van der Waals surface area contributed by atoms with E-state index in [1.165, 1.54) is 4.90 Å². The van der Waals surface area contributed by atoms with Crippen LogP contribution in [0.25, 0.3) is 16.9 Å². The van der Waals surface area contributed by atoms with Gasteiger partial charge in [-0.1, -0.05) is 6.07 Å². The number of anilines is 1. The van der Waals surface area contributed by atoms with Gasteiger partial charge in [-0.15, -0.1) is 0 Å². The Bertz CT molecular complexity index is 948. The first-order valence-corrected chi connectivity index (χ1v) is 7.10. The number of aldehydes is 1. The second-order valence-electron chi connectivity index (χ2n) is 5.31. The van der Waals surface area contributed by atoms with Crippen LogP contribution in [0.1, 0.15) is 16.1 Å². The van der Waals surface area contributed by atoms with E-state index in [-0.39, 0.29) is 0 Å². The van der Waals surface area contributed by atoms with Crippen LogP contribution in [0, 0.1) is 0 Å².